The second-order valence-corrected chi connectivity index (χ2v) is 5.14. The van der Waals surface area contributed by atoms with Crippen molar-refractivity contribution in [2.75, 3.05) is 0 Å². The van der Waals surface area contributed by atoms with Gasteiger partial charge in [0.25, 0.3) is 0 Å². The Bertz CT molecular complexity index is 368. The number of hydrogen-bond acceptors (Lipinski definition) is 2. The van der Waals surface area contributed by atoms with Crippen LogP contribution in [0, 0.1) is 11.8 Å². The molecule has 2 fully saturated rings. The lowest BCUT2D eigenvalue weighted by Crippen LogP contribution is -2.14. The third-order valence-corrected chi connectivity index (χ3v) is 4.27. The zero-order valence-electron chi connectivity index (χ0n) is 8.84. The van der Waals surface area contributed by atoms with Crippen LogP contribution in [0.1, 0.15) is 30.7 Å². The van der Waals surface area contributed by atoms with Crippen LogP contribution in [0.15, 0.2) is 18.3 Å². The fourth-order valence-corrected chi connectivity index (χ4v) is 3.40. The van der Waals surface area contributed by atoms with Gasteiger partial charge in [0.15, 0.2) is 0 Å². The van der Waals surface area contributed by atoms with Crippen LogP contribution in [0.5, 0.6) is 0 Å². The van der Waals surface area contributed by atoms with E-state index >= 15 is 0 Å². The van der Waals surface area contributed by atoms with Gasteiger partial charge in [-0.15, -0.1) is 12.4 Å². The Morgan fingerprint density at radius 2 is 2.12 bits per heavy atom. The molecule has 0 spiro atoms. The molecule has 1 heterocycles. The summed E-state index contributed by atoms with van der Waals surface area (Å²) in [6, 6.07) is 3.89. The predicted molar refractivity (Wildman–Crippen MR) is 66.1 cm³/mol. The van der Waals surface area contributed by atoms with E-state index in [1.807, 2.05) is 18.3 Å². The highest BCUT2D eigenvalue weighted by Gasteiger charge is 2.47. The van der Waals surface area contributed by atoms with E-state index in [-0.39, 0.29) is 18.5 Å². The number of aliphatic hydroxyl groups is 1. The average Bonchev–Trinajstić information content (AvgIpc) is 2.75. The fourth-order valence-electron chi connectivity index (χ4n) is 3.28. The van der Waals surface area contributed by atoms with Gasteiger partial charge in [-0.2, -0.15) is 0 Å². The van der Waals surface area contributed by atoms with Gasteiger partial charge < -0.3 is 5.11 Å². The summed E-state index contributed by atoms with van der Waals surface area (Å²) in [6.45, 7) is 0. The summed E-state index contributed by atoms with van der Waals surface area (Å²) in [4.78, 5) is 4.12. The van der Waals surface area contributed by atoms with E-state index in [0.29, 0.717) is 22.9 Å². The molecule has 3 rings (SSSR count). The lowest BCUT2D eigenvalue weighted by Gasteiger charge is -2.21. The summed E-state index contributed by atoms with van der Waals surface area (Å²) < 4.78 is 0. The minimum absolute atomic E-state index is 0. The van der Waals surface area contributed by atoms with Gasteiger partial charge in [0.05, 0.1) is 6.10 Å². The summed E-state index contributed by atoms with van der Waals surface area (Å²) in [5.41, 5.74) is 1.24. The molecule has 2 bridgehead atoms. The van der Waals surface area contributed by atoms with Gasteiger partial charge in [0.2, 0.25) is 0 Å². The molecule has 1 aromatic heterocycles. The number of nitrogens with zero attached hydrogens (tertiary/aromatic N) is 1. The van der Waals surface area contributed by atoms with Crippen molar-refractivity contribution in [1.82, 2.24) is 4.98 Å². The molecule has 1 aromatic rings. The molecule has 4 heteroatoms. The largest absolute Gasteiger partial charge is 0.393 e. The lowest BCUT2D eigenvalue weighted by atomic mass is 9.84. The summed E-state index contributed by atoms with van der Waals surface area (Å²) in [5.74, 6) is 1.48. The second kappa shape index (κ2) is 4.52. The van der Waals surface area contributed by atoms with Crippen molar-refractivity contribution in [2.45, 2.75) is 31.3 Å². The summed E-state index contributed by atoms with van der Waals surface area (Å²) in [5, 5.41) is 10.5. The molecule has 0 amide bonds. The minimum atomic E-state index is -0.0781. The summed E-state index contributed by atoms with van der Waals surface area (Å²) >= 11 is 5.77. The monoisotopic (exact) mass is 259 g/mol. The Balaban J connectivity index is 0.000000963. The molecule has 4 atom stereocenters. The first-order valence-electron chi connectivity index (χ1n) is 5.55. The Hall–Kier alpha value is -0.310. The van der Waals surface area contributed by atoms with Gasteiger partial charge in [-0.25, -0.2) is 4.98 Å². The molecule has 2 nitrogen and oxygen atoms in total. The Labute approximate surface area is 106 Å². The highest BCUT2D eigenvalue weighted by Crippen LogP contribution is 2.52. The van der Waals surface area contributed by atoms with Crippen LogP contribution >= 0.6 is 24.0 Å². The van der Waals surface area contributed by atoms with Gasteiger partial charge in [-0.3, -0.25) is 0 Å². The van der Waals surface area contributed by atoms with Crippen molar-refractivity contribution in [1.29, 1.82) is 0 Å². The molecule has 0 aliphatic heterocycles. The SMILES string of the molecule is Cl.O[C@H]1[C@H]2CC[C@@H]1[C@@H](c1ccc(Cl)nc1)C2. The van der Waals surface area contributed by atoms with Crippen LogP contribution in [0.4, 0.5) is 0 Å². The van der Waals surface area contributed by atoms with E-state index in [1.165, 1.54) is 18.4 Å². The van der Waals surface area contributed by atoms with Gasteiger partial charge >= 0.3 is 0 Å². The smallest absolute Gasteiger partial charge is 0.129 e. The predicted octanol–water partition coefficient (Wildman–Crippen LogP) is 3.03. The number of aromatic nitrogens is 1. The van der Waals surface area contributed by atoms with E-state index < -0.39 is 0 Å². The number of fused-ring (bicyclic) bond motifs is 2. The van der Waals surface area contributed by atoms with Crippen molar-refractivity contribution in [2.24, 2.45) is 11.8 Å². The Morgan fingerprint density at radius 3 is 2.62 bits per heavy atom. The molecular weight excluding hydrogens is 245 g/mol. The van der Waals surface area contributed by atoms with Crippen molar-refractivity contribution in [3.8, 4) is 0 Å². The van der Waals surface area contributed by atoms with E-state index in [2.05, 4.69) is 4.98 Å². The molecular formula is C12H15Cl2NO. The third kappa shape index (κ3) is 1.83. The number of aliphatic hydroxyl groups excluding tert-OH is 1. The van der Waals surface area contributed by atoms with Crippen LogP contribution in [-0.2, 0) is 0 Å². The van der Waals surface area contributed by atoms with E-state index in [9.17, 15) is 5.11 Å². The average molecular weight is 260 g/mol. The van der Waals surface area contributed by atoms with Crippen LogP contribution in [0.2, 0.25) is 5.15 Å². The lowest BCUT2D eigenvalue weighted by molar-refractivity contribution is 0.126. The minimum Gasteiger partial charge on any atom is -0.393 e. The normalized spacial score (nSPS) is 36.1. The van der Waals surface area contributed by atoms with Gasteiger partial charge in [-0.1, -0.05) is 17.7 Å². The van der Waals surface area contributed by atoms with E-state index in [0.717, 1.165) is 6.42 Å². The Morgan fingerprint density at radius 1 is 1.31 bits per heavy atom. The Kier molecular flexibility index (Phi) is 3.43. The van der Waals surface area contributed by atoms with Gasteiger partial charge in [0, 0.05) is 6.20 Å². The standard InChI is InChI=1S/C12H14ClNO.ClH/c13-11-4-2-8(6-14-11)10-5-7-1-3-9(10)12(7)15;/h2,4,6-7,9-10,12,15H,1,3,5H2;1H/t7-,9+,10+,12-;/m0./s1. The van der Waals surface area contributed by atoms with Crippen LogP contribution in [0.25, 0.3) is 0 Å². The molecule has 1 N–H and O–H groups in total. The highest BCUT2D eigenvalue weighted by molar-refractivity contribution is 6.29. The molecule has 88 valence electrons. The maximum absolute atomic E-state index is 9.97. The molecule has 0 unspecified atom stereocenters. The first-order valence-corrected chi connectivity index (χ1v) is 5.93. The summed E-state index contributed by atoms with van der Waals surface area (Å²) in [6.07, 6.45) is 5.27. The number of pyridine rings is 1. The maximum atomic E-state index is 9.97. The molecule has 0 radical (unpaired) electrons. The number of rotatable bonds is 1. The van der Waals surface area contributed by atoms with E-state index in [1.54, 1.807) is 0 Å². The highest BCUT2D eigenvalue weighted by atomic mass is 35.5. The van der Waals surface area contributed by atoms with Crippen LogP contribution < -0.4 is 0 Å². The van der Waals surface area contributed by atoms with Crippen molar-refractivity contribution in [3.63, 3.8) is 0 Å². The zero-order valence-corrected chi connectivity index (χ0v) is 10.4. The summed E-state index contributed by atoms with van der Waals surface area (Å²) in [7, 11) is 0. The first kappa shape index (κ1) is 12.2. The quantitative estimate of drug-likeness (QED) is 0.787. The number of hydrogen-bond donors (Lipinski definition) is 1. The second-order valence-electron chi connectivity index (χ2n) is 4.75. The fraction of sp³-hybridized carbons (Fsp3) is 0.583. The molecule has 2 saturated carbocycles. The number of halogens is 2. The maximum Gasteiger partial charge on any atom is 0.129 e. The van der Waals surface area contributed by atoms with Crippen molar-refractivity contribution in [3.05, 3.63) is 29.0 Å². The molecule has 16 heavy (non-hydrogen) atoms. The van der Waals surface area contributed by atoms with Gasteiger partial charge in [0.1, 0.15) is 5.15 Å². The van der Waals surface area contributed by atoms with Crippen LogP contribution in [-0.4, -0.2) is 16.2 Å². The molecule has 2 aliphatic carbocycles. The first-order chi connectivity index (χ1) is 7.25. The molecule has 2 aliphatic rings. The van der Waals surface area contributed by atoms with Gasteiger partial charge in [-0.05, 0) is 48.6 Å². The molecule has 0 aromatic carbocycles. The third-order valence-electron chi connectivity index (χ3n) is 4.04. The molecule has 0 saturated heterocycles. The van der Waals surface area contributed by atoms with Crippen molar-refractivity contribution >= 4 is 24.0 Å². The van der Waals surface area contributed by atoms with E-state index in [4.69, 9.17) is 11.6 Å². The van der Waals surface area contributed by atoms with Crippen molar-refractivity contribution < 1.29 is 5.11 Å². The topological polar surface area (TPSA) is 33.1 Å². The van der Waals surface area contributed by atoms with Crippen LogP contribution in [0.3, 0.4) is 0 Å². The zero-order chi connectivity index (χ0) is 10.4.